The topological polar surface area (TPSA) is 118 Å². The number of fused-ring (bicyclic) bond motifs is 2. The molecule has 196 valence electrons. The van der Waals surface area contributed by atoms with Crippen LogP contribution in [0.25, 0.3) is 0 Å². The van der Waals surface area contributed by atoms with E-state index in [0.29, 0.717) is 0 Å². The molecule has 0 N–H and O–H groups in total. The summed E-state index contributed by atoms with van der Waals surface area (Å²) < 4.78 is 26.0. The van der Waals surface area contributed by atoms with Crippen molar-refractivity contribution in [1.29, 1.82) is 0 Å². The molecule has 0 saturated carbocycles. The van der Waals surface area contributed by atoms with Gasteiger partial charge in [-0.2, -0.15) is 0 Å². The Labute approximate surface area is 214 Å². The highest BCUT2D eigenvalue weighted by molar-refractivity contribution is 6.05. The molecule has 0 fully saturated rings. The van der Waals surface area contributed by atoms with Crippen molar-refractivity contribution in [2.75, 3.05) is 28.4 Å². The third-order valence-corrected chi connectivity index (χ3v) is 6.20. The molecule has 2 unspecified atom stereocenters. The van der Waals surface area contributed by atoms with E-state index < -0.39 is 41.6 Å². The van der Waals surface area contributed by atoms with Crippen LogP contribution in [0.3, 0.4) is 0 Å². The summed E-state index contributed by atoms with van der Waals surface area (Å²) in [5.74, 6) is -3.15. The molecule has 0 radical (unpaired) electrons. The van der Waals surface area contributed by atoms with Crippen molar-refractivity contribution in [3.05, 3.63) is 83.6 Å². The van der Waals surface area contributed by atoms with Gasteiger partial charge in [0, 0.05) is 6.54 Å². The molecule has 10 heteroatoms. The summed E-state index contributed by atoms with van der Waals surface area (Å²) in [6.45, 7) is 3.94. The Hall–Kier alpha value is -4.18. The number of benzene rings is 1. The Bertz CT molecular complexity index is 1170. The number of hydrogen-bond donors (Lipinski definition) is 0. The number of hydrogen-bond acceptors (Lipinski definition) is 10. The maximum absolute atomic E-state index is 13.1. The van der Waals surface area contributed by atoms with Crippen LogP contribution >= 0.6 is 0 Å². The standard InChI is InChI=1S/C27H29NO9/c1-6-10-20(27-14-13-19(37-27)22(25(31)35-4)23(27)26(32)36-5)28(16-17-11-8-7-9-12-17)18(24(30)34-3)15-21(29)33-2/h6-9,11-15,19-20H,1,10,16H2,2-5H3/b18-15-/t19?,20-,27?/m1/s1. The van der Waals surface area contributed by atoms with Crippen LogP contribution < -0.4 is 0 Å². The summed E-state index contributed by atoms with van der Waals surface area (Å²) in [5.41, 5.74) is -0.965. The molecule has 0 aromatic heterocycles. The summed E-state index contributed by atoms with van der Waals surface area (Å²) in [6.07, 6.45) is 5.16. The van der Waals surface area contributed by atoms with E-state index in [9.17, 15) is 19.2 Å². The summed E-state index contributed by atoms with van der Waals surface area (Å²) >= 11 is 0. The molecule has 2 aliphatic heterocycles. The smallest absolute Gasteiger partial charge is 0.354 e. The fourth-order valence-corrected chi connectivity index (χ4v) is 4.59. The zero-order valence-electron chi connectivity index (χ0n) is 21.1. The van der Waals surface area contributed by atoms with E-state index in [2.05, 4.69) is 6.58 Å². The van der Waals surface area contributed by atoms with Gasteiger partial charge in [-0.05, 0) is 18.1 Å². The number of ether oxygens (including phenoxy) is 5. The molecule has 2 heterocycles. The summed E-state index contributed by atoms with van der Waals surface area (Å²) in [5, 5.41) is 0. The van der Waals surface area contributed by atoms with Crippen molar-refractivity contribution < 1.29 is 42.9 Å². The predicted octanol–water partition coefficient (Wildman–Crippen LogP) is 2.01. The monoisotopic (exact) mass is 511 g/mol. The van der Waals surface area contributed by atoms with Crippen LogP contribution in [-0.2, 0) is 49.4 Å². The number of methoxy groups -OCH3 is 4. The van der Waals surface area contributed by atoms with E-state index in [4.69, 9.17) is 23.7 Å². The average Bonchev–Trinajstić information content (AvgIpc) is 3.50. The summed E-state index contributed by atoms with van der Waals surface area (Å²) in [4.78, 5) is 52.7. The van der Waals surface area contributed by atoms with Crippen molar-refractivity contribution in [2.24, 2.45) is 0 Å². The normalized spacial score (nSPS) is 20.8. The van der Waals surface area contributed by atoms with Gasteiger partial charge in [0.1, 0.15) is 17.4 Å². The number of rotatable bonds is 11. The number of carbonyl (C=O) groups is 4. The zero-order chi connectivity index (χ0) is 27.2. The van der Waals surface area contributed by atoms with Crippen molar-refractivity contribution >= 4 is 23.9 Å². The first-order valence-corrected chi connectivity index (χ1v) is 11.4. The molecule has 2 bridgehead atoms. The minimum atomic E-state index is -1.55. The first kappa shape index (κ1) is 27.4. The number of nitrogens with zero attached hydrogens (tertiary/aromatic N) is 1. The number of esters is 4. The highest BCUT2D eigenvalue weighted by Crippen LogP contribution is 2.49. The molecule has 3 rings (SSSR count). The molecular weight excluding hydrogens is 482 g/mol. The summed E-state index contributed by atoms with van der Waals surface area (Å²) in [7, 11) is 4.75. The van der Waals surface area contributed by atoms with Crippen LogP contribution in [0.1, 0.15) is 12.0 Å². The average molecular weight is 512 g/mol. The van der Waals surface area contributed by atoms with Gasteiger partial charge in [-0.15, -0.1) is 6.58 Å². The molecule has 3 atom stereocenters. The fourth-order valence-electron chi connectivity index (χ4n) is 4.59. The SMILES string of the molecule is C=CC[C@@H](N(Cc1ccccc1)/C(=C\C(=O)OC)C(=O)OC)C12C=CC(O1)C(C(=O)OC)=C2C(=O)OC. The third kappa shape index (κ3) is 5.19. The van der Waals surface area contributed by atoms with Crippen LogP contribution in [0.4, 0.5) is 0 Å². The largest absolute Gasteiger partial charge is 0.466 e. The van der Waals surface area contributed by atoms with Gasteiger partial charge in [0.25, 0.3) is 0 Å². The lowest BCUT2D eigenvalue weighted by atomic mass is 9.79. The van der Waals surface area contributed by atoms with E-state index in [1.807, 2.05) is 30.3 Å². The van der Waals surface area contributed by atoms with Gasteiger partial charge in [-0.3, -0.25) is 0 Å². The second-order valence-corrected chi connectivity index (χ2v) is 8.16. The van der Waals surface area contributed by atoms with Crippen LogP contribution in [0.5, 0.6) is 0 Å². The number of carbonyl (C=O) groups excluding carboxylic acids is 4. The second-order valence-electron chi connectivity index (χ2n) is 8.16. The Balaban J connectivity index is 2.29. The first-order chi connectivity index (χ1) is 17.8. The Morgan fingerprint density at radius 2 is 1.70 bits per heavy atom. The van der Waals surface area contributed by atoms with Gasteiger partial charge >= 0.3 is 23.9 Å². The molecule has 1 aromatic rings. The maximum atomic E-state index is 13.1. The van der Waals surface area contributed by atoms with Crippen molar-refractivity contribution in [1.82, 2.24) is 4.90 Å². The van der Waals surface area contributed by atoms with Gasteiger partial charge in [0.05, 0.1) is 51.7 Å². The lowest BCUT2D eigenvalue weighted by molar-refractivity contribution is -0.142. The van der Waals surface area contributed by atoms with Gasteiger partial charge in [0.15, 0.2) is 0 Å². The molecular formula is C27H29NO9. The van der Waals surface area contributed by atoms with Gasteiger partial charge in [-0.25, -0.2) is 19.2 Å². The Morgan fingerprint density at radius 1 is 1.03 bits per heavy atom. The van der Waals surface area contributed by atoms with Crippen LogP contribution in [0.15, 0.2) is 78.1 Å². The lowest BCUT2D eigenvalue weighted by Gasteiger charge is -2.43. The van der Waals surface area contributed by atoms with E-state index in [-0.39, 0.29) is 29.8 Å². The fraction of sp³-hybridized carbons (Fsp3) is 0.333. The van der Waals surface area contributed by atoms with Crippen molar-refractivity contribution in [3.8, 4) is 0 Å². The van der Waals surface area contributed by atoms with Gasteiger partial charge < -0.3 is 28.6 Å². The van der Waals surface area contributed by atoms with E-state index in [1.165, 1.54) is 28.4 Å². The first-order valence-electron chi connectivity index (χ1n) is 11.4. The molecule has 10 nitrogen and oxygen atoms in total. The molecule has 0 saturated heterocycles. The molecule has 0 amide bonds. The highest BCUT2D eigenvalue weighted by atomic mass is 16.6. The lowest BCUT2D eigenvalue weighted by Crippen LogP contribution is -2.54. The van der Waals surface area contributed by atoms with Crippen molar-refractivity contribution in [3.63, 3.8) is 0 Å². The molecule has 0 spiro atoms. The molecule has 2 aliphatic rings. The Kier molecular flexibility index (Phi) is 8.67. The quantitative estimate of drug-likeness (QED) is 0.189. The highest BCUT2D eigenvalue weighted by Gasteiger charge is 2.59. The minimum Gasteiger partial charge on any atom is -0.466 e. The van der Waals surface area contributed by atoms with Crippen LogP contribution in [-0.4, -0.2) is 75.0 Å². The minimum absolute atomic E-state index is 0.00198. The van der Waals surface area contributed by atoms with Gasteiger partial charge in [0.2, 0.25) is 0 Å². The molecule has 1 aromatic carbocycles. The third-order valence-electron chi connectivity index (χ3n) is 6.20. The van der Waals surface area contributed by atoms with Gasteiger partial charge in [-0.1, -0.05) is 42.5 Å². The molecule has 37 heavy (non-hydrogen) atoms. The maximum Gasteiger partial charge on any atom is 0.354 e. The zero-order valence-corrected chi connectivity index (χ0v) is 21.1. The predicted molar refractivity (Wildman–Crippen MR) is 131 cm³/mol. The van der Waals surface area contributed by atoms with Crippen LogP contribution in [0.2, 0.25) is 0 Å². The van der Waals surface area contributed by atoms with Crippen molar-refractivity contribution in [2.45, 2.75) is 30.7 Å². The van der Waals surface area contributed by atoms with E-state index in [1.54, 1.807) is 23.1 Å². The Morgan fingerprint density at radius 3 is 2.27 bits per heavy atom. The van der Waals surface area contributed by atoms with E-state index in [0.717, 1.165) is 11.6 Å². The van der Waals surface area contributed by atoms with Crippen LogP contribution in [0, 0.1) is 0 Å². The molecule has 0 aliphatic carbocycles. The second kappa shape index (κ2) is 11.7. The van der Waals surface area contributed by atoms with E-state index >= 15 is 0 Å². The summed E-state index contributed by atoms with van der Waals surface area (Å²) in [6, 6.07) is 8.29.